The molecule has 0 radical (unpaired) electrons. The third-order valence-electron chi connectivity index (χ3n) is 3.12. The molecule has 0 aliphatic carbocycles. The quantitative estimate of drug-likeness (QED) is 0.519. The molecule has 0 heterocycles. The molecule has 0 spiro atoms. The van der Waals surface area contributed by atoms with Crippen LogP contribution in [0, 0.1) is 11.3 Å². The monoisotopic (exact) mass is 418 g/mol. The molecule has 4 nitrogen and oxygen atoms in total. The zero-order chi connectivity index (χ0) is 18.4. The molecule has 2 aromatic carbocycles. The lowest BCUT2D eigenvalue weighted by atomic mass is 10.1. The van der Waals surface area contributed by atoms with Gasteiger partial charge < -0.3 is 10.1 Å². The Morgan fingerprint density at radius 2 is 2.04 bits per heavy atom. The molecule has 0 aliphatic heterocycles. The molecule has 0 atom stereocenters. The SMILES string of the molecule is CC(C)Oc1ccc(Br)cc1/C=C(\C#N)C(=O)Nc1ccccc1Cl. The van der Waals surface area contributed by atoms with Gasteiger partial charge in [-0.1, -0.05) is 39.7 Å². The highest BCUT2D eigenvalue weighted by atomic mass is 79.9. The van der Waals surface area contributed by atoms with Crippen molar-refractivity contribution in [2.24, 2.45) is 0 Å². The van der Waals surface area contributed by atoms with Crippen molar-refractivity contribution in [1.29, 1.82) is 5.26 Å². The number of ether oxygens (including phenoxy) is 1. The zero-order valence-electron chi connectivity index (χ0n) is 13.7. The van der Waals surface area contributed by atoms with Gasteiger partial charge in [0.05, 0.1) is 16.8 Å². The molecule has 0 aliphatic rings. The minimum atomic E-state index is -0.536. The van der Waals surface area contributed by atoms with Crippen LogP contribution in [0.4, 0.5) is 5.69 Å². The molecule has 0 fully saturated rings. The highest BCUT2D eigenvalue weighted by molar-refractivity contribution is 9.10. The molecule has 0 unspecified atom stereocenters. The Morgan fingerprint density at radius 1 is 1.32 bits per heavy atom. The summed E-state index contributed by atoms with van der Waals surface area (Å²) in [4.78, 5) is 12.4. The molecule has 2 aromatic rings. The number of nitrogens with zero attached hydrogens (tertiary/aromatic N) is 1. The topological polar surface area (TPSA) is 62.1 Å². The Labute approximate surface area is 160 Å². The van der Waals surface area contributed by atoms with E-state index in [0.29, 0.717) is 22.0 Å². The van der Waals surface area contributed by atoms with Crippen LogP contribution in [0.5, 0.6) is 5.75 Å². The van der Waals surface area contributed by atoms with Crippen LogP contribution in [0.25, 0.3) is 6.08 Å². The fraction of sp³-hybridized carbons (Fsp3) is 0.158. The average molecular weight is 420 g/mol. The molecule has 1 amide bonds. The van der Waals surface area contributed by atoms with Gasteiger partial charge in [-0.25, -0.2) is 0 Å². The minimum absolute atomic E-state index is 0.0317. The second kappa shape index (κ2) is 8.70. The van der Waals surface area contributed by atoms with Crippen LogP contribution in [0.3, 0.4) is 0 Å². The van der Waals surface area contributed by atoms with Crippen molar-refractivity contribution >= 4 is 45.2 Å². The lowest BCUT2D eigenvalue weighted by Gasteiger charge is -2.13. The van der Waals surface area contributed by atoms with E-state index in [9.17, 15) is 10.1 Å². The van der Waals surface area contributed by atoms with Crippen molar-refractivity contribution in [2.75, 3.05) is 5.32 Å². The summed E-state index contributed by atoms with van der Waals surface area (Å²) < 4.78 is 6.55. The number of para-hydroxylation sites is 1. The van der Waals surface area contributed by atoms with E-state index in [-0.39, 0.29) is 11.7 Å². The Hall–Kier alpha value is -2.29. The van der Waals surface area contributed by atoms with Crippen molar-refractivity contribution in [3.05, 3.63) is 63.1 Å². The maximum atomic E-state index is 12.4. The van der Waals surface area contributed by atoms with Gasteiger partial charge in [-0.05, 0) is 50.3 Å². The van der Waals surface area contributed by atoms with Crippen LogP contribution in [-0.4, -0.2) is 12.0 Å². The first-order chi connectivity index (χ1) is 11.9. The number of hydrogen-bond acceptors (Lipinski definition) is 3. The summed E-state index contributed by atoms with van der Waals surface area (Å²) in [6, 6.07) is 14.2. The van der Waals surface area contributed by atoms with Gasteiger partial charge >= 0.3 is 0 Å². The standard InChI is InChI=1S/C19H16BrClN2O2/c1-12(2)25-18-8-7-15(20)10-13(18)9-14(11-22)19(24)23-17-6-4-3-5-16(17)21/h3-10,12H,1-2H3,(H,23,24)/b14-9+. The molecular weight excluding hydrogens is 404 g/mol. The summed E-state index contributed by atoms with van der Waals surface area (Å²) in [6.07, 6.45) is 1.46. The number of hydrogen-bond donors (Lipinski definition) is 1. The van der Waals surface area contributed by atoms with Crippen molar-refractivity contribution in [2.45, 2.75) is 20.0 Å². The minimum Gasteiger partial charge on any atom is -0.490 e. The normalized spacial score (nSPS) is 11.1. The van der Waals surface area contributed by atoms with Gasteiger partial charge in [0.25, 0.3) is 5.91 Å². The van der Waals surface area contributed by atoms with Crippen LogP contribution >= 0.6 is 27.5 Å². The predicted molar refractivity (Wildman–Crippen MR) is 104 cm³/mol. The molecule has 25 heavy (non-hydrogen) atoms. The molecule has 0 saturated heterocycles. The van der Waals surface area contributed by atoms with E-state index in [1.54, 1.807) is 36.4 Å². The van der Waals surface area contributed by atoms with E-state index in [4.69, 9.17) is 16.3 Å². The number of benzene rings is 2. The maximum Gasteiger partial charge on any atom is 0.266 e. The first-order valence-electron chi connectivity index (χ1n) is 7.54. The van der Waals surface area contributed by atoms with Gasteiger partial charge in [-0.3, -0.25) is 4.79 Å². The van der Waals surface area contributed by atoms with E-state index < -0.39 is 5.91 Å². The van der Waals surface area contributed by atoms with Gasteiger partial charge in [0.2, 0.25) is 0 Å². The van der Waals surface area contributed by atoms with Gasteiger partial charge in [0.1, 0.15) is 17.4 Å². The van der Waals surface area contributed by atoms with Gasteiger partial charge in [-0.15, -0.1) is 0 Å². The maximum absolute atomic E-state index is 12.4. The van der Waals surface area contributed by atoms with Crippen LogP contribution in [0.2, 0.25) is 5.02 Å². The molecular formula is C19H16BrClN2O2. The lowest BCUT2D eigenvalue weighted by molar-refractivity contribution is -0.112. The molecule has 0 bridgehead atoms. The summed E-state index contributed by atoms with van der Waals surface area (Å²) in [5, 5.41) is 12.4. The number of anilines is 1. The van der Waals surface area contributed by atoms with Crippen molar-refractivity contribution in [1.82, 2.24) is 0 Å². The number of halogens is 2. The summed E-state index contributed by atoms with van der Waals surface area (Å²) in [5.74, 6) is 0.0579. The van der Waals surface area contributed by atoms with E-state index in [1.165, 1.54) is 6.08 Å². The van der Waals surface area contributed by atoms with Gasteiger partial charge in [0, 0.05) is 10.0 Å². The first kappa shape index (κ1) is 19.0. The largest absolute Gasteiger partial charge is 0.490 e. The van der Waals surface area contributed by atoms with E-state index in [0.717, 1.165) is 4.47 Å². The Bertz CT molecular complexity index is 857. The highest BCUT2D eigenvalue weighted by Crippen LogP contribution is 2.27. The third kappa shape index (κ3) is 5.35. The number of carbonyl (C=O) groups is 1. The Balaban J connectivity index is 2.34. The second-order valence-electron chi connectivity index (χ2n) is 5.45. The molecule has 6 heteroatoms. The van der Waals surface area contributed by atoms with Gasteiger partial charge in [-0.2, -0.15) is 5.26 Å². The van der Waals surface area contributed by atoms with Crippen molar-refractivity contribution in [3.63, 3.8) is 0 Å². The molecule has 128 valence electrons. The number of amides is 1. The number of nitriles is 1. The van der Waals surface area contributed by atoms with Crippen LogP contribution < -0.4 is 10.1 Å². The Morgan fingerprint density at radius 3 is 2.68 bits per heavy atom. The van der Waals surface area contributed by atoms with Gasteiger partial charge in [0.15, 0.2) is 0 Å². The van der Waals surface area contributed by atoms with Crippen LogP contribution in [-0.2, 0) is 4.79 Å². The summed E-state index contributed by atoms with van der Waals surface area (Å²) in [5.41, 5.74) is 1.03. The van der Waals surface area contributed by atoms with Crippen LogP contribution in [0.15, 0.2) is 52.5 Å². The van der Waals surface area contributed by atoms with Crippen molar-refractivity contribution in [3.8, 4) is 11.8 Å². The van der Waals surface area contributed by atoms with E-state index >= 15 is 0 Å². The third-order valence-corrected chi connectivity index (χ3v) is 3.94. The van der Waals surface area contributed by atoms with Crippen molar-refractivity contribution < 1.29 is 9.53 Å². The predicted octanol–water partition coefficient (Wildman–Crippen LogP) is 5.44. The summed E-state index contributed by atoms with van der Waals surface area (Å²) in [7, 11) is 0. The number of nitrogens with one attached hydrogen (secondary N) is 1. The van der Waals surface area contributed by atoms with E-state index in [2.05, 4.69) is 21.2 Å². The molecule has 0 aromatic heterocycles. The lowest BCUT2D eigenvalue weighted by Crippen LogP contribution is -2.14. The second-order valence-corrected chi connectivity index (χ2v) is 6.78. The van der Waals surface area contributed by atoms with Crippen LogP contribution in [0.1, 0.15) is 19.4 Å². The fourth-order valence-electron chi connectivity index (χ4n) is 2.05. The molecule has 1 N–H and O–H groups in total. The zero-order valence-corrected chi connectivity index (χ0v) is 16.1. The summed E-state index contributed by atoms with van der Waals surface area (Å²) >= 11 is 9.43. The molecule has 0 saturated carbocycles. The highest BCUT2D eigenvalue weighted by Gasteiger charge is 2.13. The Kier molecular flexibility index (Phi) is 6.63. The molecule has 2 rings (SSSR count). The first-order valence-corrected chi connectivity index (χ1v) is 8.71. The summed E-state index contributed by atoms with van der Waals surface area (Å²) in [6.45, 7) is 3.82. The average Bonchev–Trinajstić information content (AvgIpc) is 2.56. The number of rotatable bonds is 5. The number of carbonyl (C=O) groups excluding carboxylic acids is 1. The van der Waals surface area contributed by atoms with E-state index in [1.807, 2.05) is 26.0 Å². The smallest absolute Gasteiger partial charge is 0.266 e. The fourth-order valence-corrected chi connectivity index (χ4v) is 2.61.